The van der Waals surface area contributed by atoms with E-state index < -0.39 is 15.9 Å². The molecule has 1 aliphatic heterocycles. The predicted molar refractivity (Wildman–Crippen MR) is 117 cm³/mol. The topological polar surface area (TPSA) is 84.9 Å². The average Bonchev–Trinajstić information content (AvgIpc) is 3.22. The summed E-state index contributed by atoms with van der Waals surface area (Å²) < 4.78 is 38.3. The van der Waals surface area contributed by atoms with Crippen LogP contribution in [-0.2, 0) is 21.4 Å². The number of fused-ring (bicyclic) bond motifs is 1. The Morgan fingerprint density at radius 3 is 2.52 bits per heavy atom. The Balaban J connectivity index is 1.57. The van der Waals surface area contributed by atoms with Gasteiger partial charge in [0.15, 0.2) is 11.5 Å². The Hall–Kier alpha value is -3.07. The van der Waals surface area contributed by atoms with Gasteiger partial charge >= 0.3 is 0 Å². The van der Waals surface area contributed by atoms with Crippen molar-refractivity contribution in [1.29, 1.82) is 0 Å². The lowest BCUT2D eigenvalue weighted by Gasteiger charge is -2.22. The molecule has 1 aliphatic rings. The van der Waals surface area contributed by atoms with Crippen LogP contribution in [-0.4, -0.2) is 32.0 Å². The third kappa shape index (κ3) is 4.99. The van der Waals surface area contributed by atoms with Gasteiger partial charge in [0.25, 0.3) is 0 Å². The molecule has 0 saturated heterocycles. The van der Waals surface area contributed by atoms with Gasteiger partial charge in [-0.1, -0.05) is 48.0 Å². The fourth-order valence-corrected chi connectivity index (χ4v) is 4.81. The van der Waals surface area contributed by atoms with Crippen molar-refractivity contribution >= 4 is 33.2 Å². The van der Waals surface area contributed by atoms with Crippen LogP contribution in [0.1, 0.15) is 5.56 Å². The van der Waals surface area contributed by atoms with E-state index in [1.807, 2.05) is 18.2 Å². The maximum atomic E-state index is 13.3. The second kappa shape index (κ2) is 8.97. The van der Waals surface area contributed by atoms with Crippen LogP contribution in [0.5, 0.6) is 11.5 Å². The van der Waals surface area contributed by atoms with Crippen molar-refractivity contribution in [3.8, 4) is 11.5 Å². The van der Waals surface area contributed by atoms with Crippen LogP contribution >= 0.6 is 11.6 Å². The molecule has 0 fully saturated rings. The quantitative estimate of drug-likeness (QED) is 0.580. The van der Waals surface area contributed by atoms with Crippen LogP contribution in [0.3, 0.4) is 0 Å². The summed E-state index contributed by atoms with van der Waals surface area (Å²) in [7, 11) is -3.98. The van der Waals surface area contributed by atoms with Gasteiger partial charge in [0, 0.05) is 23.3 Å². The molecule has 0 unspecified atom stereocenters. The van der Waals surface area contributed by atoms with E-state index >= 15 is 0 Å². The summed E-state index contributed by atoms with van der Waals surface area (Å²) >= 11 is 5.99. The average molecular weight is 459 g/mol. The second-order valence-electron chi connectivity index (χ2n) is 6.83. The molecule has 1 N–H and O–H groups in total. The third-order valence-electron chi connectivity index (χ3n) is 4.61. The number of halogens is 1. The standard InChI is InChI=1S/C22H19ClN2O5S/c23-17-7-4-8-19(11-17)31(27,28)25(13-16-5-2-1-3-6-16)14-22(26)24-18-9-10-20-21(12-18)30-15-29-20/h1-12H,13-15H2,(H,24,26). The number of ether oxygens (including phenoxy) is 2. The maximum Gasteiger partial charge on any atom is 0.243 e. The van der Waals surface area contributed by atoms with Crippen LogP contribution in [0.15, 0.2) is 77.7 Å². The second-order valence-corrected chi connectivity index (χ2v) is 9.21. The number of anilines is 1. The van der Waals surface area contributed by atoms with E-state index in [1.54, 1.807) is 42.5 Å². The molecule has 0 spiro atoms. The molecule has 160 valence electrons. The van der Waals surface area contributed by atoms with Gasteiger partial charge in [-0.05, 0) is 35.9 Å². The van der Waals surface area contributed by atoms with Gasteiger partial charge in [-0.3, -0.25) is 4.79 Å². The molecular weight excluding hydrogens is 440 g/mol. The largest absolute Gasteiger partial charge is 0.454 e. The van der Waals surface area contributed by atoms with Gasteiger partial charge in [0.05, 0.1) is 11.4 Å². The van der Waals surface area contributed by atoms with Crippen molar-refractivity contribution in [1.82, 2.24) is 4.31 Å². The monoisotopic (exact) mass is 458 g/mol. The Morgan fingerprint density at radius 2 is 1.74 bits per heavy atom. The number of rotatable bonds is 7. The van der Waals surface area contributed by atoms with Crippen LogP contribution < -0.4 is 14.8 Å². The highest BCUT2D eigenvalue weighted by Crippen LogP contribution is 2.34. The Labute approximate surface area is 185 Å². The Kier molecular flexibility index (Phi) is 6.13. The van der Waals surface area contributed by atoms with Gasteiger partial charge in [-0.15, -0.1) is 0 Å². The SMILES string of the molecule is O=C(CN(Cc1ccccc1)S(=O)(=O)c1cccc(Cl)c1)Nc1ccc2c(c1)OCO2. The van der Waals surface area contributed by atoms with Crippen molar-refractivity contribution in [3.05, 3.63) is 83.4 Å². The van der Waals surface area contributed by atoms with Crippen LogP contribution in [0.2, 0.25) is 5.02 Å². The van der Waals surface area contributed by atoms with Gasteiger partial charge in [0.1, 0.15) is 0 Å². The number of sulfonamides is 1. The number of carbonyl (C=O) groups excluding carboxylic acids is 1. The smallest absolute Gasteiger partial charge is 0.243 e. The molecule has 0 aromatic heterocycles. The number of hydrogen-bond acceptors (Lipinski definition) is 5. The molecule has 1 heterocycles. The zero-order valence-corrected chi connectivity index (χ0v) is 17.9. The number of carbonyl (C=O) groups is 1. The van der Waals surface area contributed by atoms with Crippen LogP contribution in [0, 0.1) is 0 Å². The van der Waals surface area contributed by atoms with Crippen molar-refractivity contribution in [2.24, 2.45) is 0 Å². The summed E-state index contributed by atoms with van der Waals surface area (Å²) in [5.41, 5.74) is 1.23. The van der Waals surface area contributed by atoms with E-state index in [9.17, 15) is 13.2 Å². The molecule has 4 rings (SSSR count). The summed E-state index contributed by atoms with van der Waals surface area (Å²) in [6.45, 7) is -0.224. The van der Waals surface area contributed by atoms with E-state index in [0.29, 0.717) is 22.2 Å². The molecule has 3 aromatic carbocycles. The molecule has 0 atom stereocenters. The highest BCUT2D eigenvalue weighted by atomic mass is 35.5. The van der Waals surface area contributed by atoms with E-state index in [4.69, 9.17) is 21.1 Å². The molecule has 9 heteroatoms. The summed E-state index contributed by atoms with van der Waals surface area (Å²) in [5.74, 6) is 0.623. The van der Waals surface area contributed by atoms with Gasteiger partial charge in [-0.2, -0.15) is 4.31 Å². The van der Waals surface area contributed by atoms with Gasteiger partial charge in [0.2, 0.25) is 22.7 Å². The number of benzene rings is 3. The number of nitrogens with zero attached hydrogens (tertiary/aromatic N) is 1. The summed E-state index contributed by atoms with van der Waals surface area (Å²) in [6, 6.07) is 20.0. The predicted octanol–water partition coefficient (Wildman–Crippen LogP) is 3.90. The number of hydrogen-bond donors (Lipinski definition) is 1. The molecular formula is C22H19ClN2O5S. The van der Waals surface area contributed by atoms with E-state index in [-0.39, 0.29) is 24.8 Å². The highest BCUT2D eigenvalue weighted by molar-refractivity contribution is 7.89. The lowest BCUT2D eigenvalue weighted by atomic mass is 10.2. The fraction of sp³-hybridized carbons (Fsp3) is 0.136. The van der Waals surface area contributed by atoms with Crippen molar-refractivity contribution in [3.63, 3.8) is 0 Å². The van der Waals surface area contributed by atoms with Crippen molar-refractivity contribution < 1.29 is 22.7 Å². The molecule has 1 amide bonds. The van der Waals surface area contributed by atoms with Crippen molar-refractivity contribution in [2.75, 3.05) is 18.7 Å². The third-order valence-corrected chi connectivity index (χ3v) is 6.63. The Morgan fingerprint density at radius 1 is 0.968 bits per heavy atom. The lowest BCUT2D eigenvalue weighted by Crippen LogP contribution is -2.37. The van der Waals surface area contributed by atoms with E-state index in [2.05, 4.69) is 5.32 Å². The normalized spacial score (nSPS) is 12.7. The Bertz CT molecular complexity index is 1200. The minimum absolute atomic E-state index is 0.0202. The first-order valence-electron chi connectivity index (χ1n) is 9.41. The van der Waals surface area contributed by atoms with E-state index in [1.165, 1.54) is 12.1 Å². The first-order valence-corrected chi connectivity index (χ1v) is 11.2. The first kappa shape index (κ1) is 21.2. The lowest BCUT2D eigenvalue weighted by molar-refractivity contribution is -0.116. The van der Waals surface area contributed by atoms with Gasteiger partial charge in [-0.25, -0.2) is 8.42 Å². The minimum atomic E-state index is -3.98. The minimum Gasteiger partial charge on any atom is -0.454 e. The van der Waals surface area contributed by atoms with Crippen LogP contribution in [0.4, 0.5) is 5.69 Å². The van der Waals surface area contributed by atoms with E-state index in [0.717, 1.165) is 9.87 Å². The summed E-state index contributed by atoms with van der Waals surface area (Å²) in [4.78, 5) is 12.8. The number of amides is 1. The molecule has 7 nitrogen and oxygen atoms in total. The zero-order chi connectivity index (χ0) is 21.8. The first-order chi connectivity index (χ1) is 14.9. The molecule has 0 saturated carbocycles. The molecule has 0 aliphatic carbocycles. The molecule has 0 radical (unpaired) electrons. The zero-order valence-electron chi connectivity index (χ0n) is 16.3. The number of nitrogens with one attached hydrogen (secondary N) is 1. The van der Waals surface area contributed by atoms with Crippen molar-refractivity contribution in [2.45, 2.75) is 11.4 Å². The maximum absolute atomic E-state index is 13.3. The van der Waals surface area contributed by atoms with Gasteiger partial charge < -0.3 is 14.8 Å². The fourth-order valence-electron chi connectivity index (χ4n) is 3.12. The molecule has 0 bridgehead atoms. The summed E-state index contributed by atoms with van der Waals surface area (Å²) in [6.07, 6.45) is 0. The molecule has 31 heavy (non-hydrogen) atoms. The highest BCUT2D eigenvalue weighted by Gasteiger charge is 2.27. The molecule has 3 aromatic rings. The van der Waals surface area contributed by atoms with Crippen LogP contribution in [0.25, 0.3) is 0 Å². The summed E-state index contributed by atoms with van der Waals surface area (Å²) in [5, 5.41) is 3.01.